The van der Waals surface area contributed by atoms with E-state index in [9.17, 15) is 10.0 Å². The topological polar surface area (TPSA) is 80.1 Å². The van der Waals surface area contributed by atoms with Gasteiger partial charge in [-0.25, -0.2) is 9.53 Å². The number of hydrogen-bond donors (Lipinski definition) is 0. The smallest absolute Gasteiger partial charge is 0.338 e. The van der Waals surface area contributed by atoms with E-state index in [1.54, 1.807) is 38.3 Å². The molecule has 1 aromatic carbocycles. The van der Waals surface area contributed by atoms with Crippen molar-refractivity contribution in [2.45, 2.75) is 25.7 Å². The summed E-state index contributed by atoms with van der Waals surface area (Å²) in [5.74, 6) is 0.0927. The second kappa shape index (κ2) is 12.7. The van der Waals surface area contributed by atoms with Crippen molar-refractivity contribution in [3.63, 3.8) is 0 Å². The van der Waals surface area contributed by atoms with Crippen LogP contribution >= 0.6 is 0 Å². The first kappa shape index (κ1) is 22.4. The van der Waals surface area contributed by atoms with Crippen LogP contribution in [0.15, 0.2) is 49.6 Å². The SMILES string of the molecule is C=CCO[C@@H](/C=[N+](\[O-])Cc1ccc(OC)cc1)[C@@H](OCC=C)C(=O)OCC. The Bertz CT molecular complexity index is 626. The molecule has 0 N–H and O–H groups in total. The molecule has 148 valence electrons. The van der Waals surface area contributed by atoms with Gasteiger partial charge in [-0.15, -0.1) is 13.2 Å². The van der Waals surface area contributed by atoms with Crippen LogP contribution in [-0.4, -0.2) is 56.1 Å². The molecule has 0 aliphatic carbocycles. The van der Waals surface area contributed by atoms with E-state index >= 15 is 0 Å². The predicted octanol–water partition coefficient (Wildman–Crippen LogP) is 2.48. The van der Waals surface area contributed by atoms with E-state index in [-0.39, 0.29) is 26.4 Å². The molecule has 0 spiro atoms. The molecule has 0 aliphatic heterocycles. The summed E-state index contributed by atoms with van der Waals surface area (Å²) in [6.07, 6.45) is 2.27. The number of benzene rings is 1. The van der Waals surface area contributed by atoms with E-state index in [1.165, 1.54) is 18.4 Å². The standard InChI is InChI=1S/C20H27NO6/c1-5-12-26-18(19(27-13-6-2)20(22)25-7-3)15-21(23)14-16-8-10-17(24-4)11-9-16/h5-6,8-11,15,18-19H,1-2,7,12-14H2,3-4H3/b21-15-/t18-,19+/m0/s1. The third kappa shape index (κ3) is 8.06. The Kier molecular flexibility index (Phi) is 10.5. The fourth-order valence-corrected chi connectivity index (χ4v) is 2.21. The van der Waals surface area contributed by atoms with Crippen molar-refractivity contribution >= 4 is 12.2 Å². The Labute approximate surface area is 160 Å². The first-order chi connectivity index (χ1) is 13.0. The Morgan fingerprint density at radius 3 is 2.37 bits per heavy atom. The number of methoxy groups -OCH3 is 1. The summed E-state index contributed by atoms with van der Waals surface area (Å²) in [7, 11) is 1.57. The van der Waals surface area contributed by atoms with Crippen LogP contribution < -0.4 is 4.74 Å². The van der Waals surface area contributed by atoms with E-state index in [4.69, 9.17) is 18.9 Å². The van der Waals surface area contributed by atoms with Crippen LogP contribution in [0.5, 0.6) is 5.75 Å². The molecular weight excluding hydrogens is 350 g/mol. The molecule has 0 amide bonds. The first-order valence-corrected chi connectivity index (χ1v) is 8.59. The summed E-state index contributed by atoms with van der Waals surface area (Å²) in [6.45, 7) is 9.36. The van der Waals surface area contributed by atoms with E-state index in [0.29, 0.717) is 10.5 Å². The van der Waals surface area contributed by atoms with Gasteiger partial charge in [0, 0.05) is 5.56 Å². The molecule has 1 rings (SSSR count). The van der Waals surface area contributed by atoms with Crippen molar-refractivity contribution in [2.24, 2.45) is 0 Å². The quantitative estimate of drug-likeness (QED) is 0.131. The minimum absolute atomic E-state index is 0.0783. The molecule has 0 aliphatic rings. The molecule has 0 fully saturated rings. The van der Waals surface area contributed by atoms with Crippen LogP contribution in [0.1, 0.15) is 12.5 Å². The Hall–Kier alpha value is -2.64. The lowest BCUT2D eigenvalue weighted by atomic mass is 10.2. The van der Waals surface area contributed by atoms with Crippen LogP contribution in [-0.2, 0) is 25.5 Å². The molecule has 7 heteroatoms. The first-order valence-electron chi connectivity index (χ1n) is 8.59. The van der Waals surface area contributed by atoms with Gasteiger partial charge >= 0.3 is 5.97 Å². The molecule has 0 aromatic heterocycles. The molecule has 0 bridgehead atoms. The van der Waals surface area contributed by atoms with Gasteiger partial charge in [0.1, 0.15) is 5.75 Å². The minimum atomic E-state index is -1.09. The lowest BCUT2D eigenvalue weighted by molar-refractivity contribution is -0.473. The van der Waals surface area contributed by atoms with Crippen LogP contribution in [0.2, 0.25) is 0 Å². The summed E-state index contributed by atoms with van der Waals surface area (Å²) >= 11 is 0. The molecule has 0 heterocycles. The molecule has 0 radical (unpaired) electrons. The largest absolute Gasteiger partial charge is 0.624 e. The van der Waals surface area contributed by atoms with Gasteiger partial charge < -0.3 is 24.2 Å². The second-order valence-corrected chi connectivity index (χ2v) is 5.45. The van der Waals surface area contributed by atoms with Crippen LogP contribution in [0.25, 0.3) is 0 Å². The Balaban J connectivity index is 2.97. The highest BCUT2D eigenvalue weighted by molar-refractivity contribution is 5.80. The van der Waals surface area contributed by atoms with Crippen molar-refractivity contribution in [3.05, 3.63) is 60.3 Å². The lowest BCUT2D eigenvalue weighted by Crippen LogP contribution is -2.42. The summed E-state index contributed by atoms with van der Waals surface area (Å²) in [4.78, 5) is 12.2. The van der Waals surface area contributed by atoms with Crippen molar-refractivity contribution in [3.8, 4) is 5.75 Å². The number of ether oxygens (including phenoxy) is 4. The fraction of sp³-hybridized carbons (Fsp3) is 0.400. The zero-order chi connectivity index (χ0) is 20.1. The molecule has 0 saturated carbocycles. The zero-order valence-corrected chi connectivity index (χ0v) is 15.8. The number of hydroxylamine groups is 1. The second-order valence-electron chi connectivity index (χ2n) is 5.45. The van der Waals surface area contributed by atoms with Gasteiger partial charge in [0.05, 0.1) is 26.9 Å². The van der Waals surface area contributed by atoms with Gasteiger partial charge in [-0.2, -0.15) is 0 Å². The van der Waals surface area contributed by atoms with E-state index < -0.39 is 18.2 Å². The van der Waals surface area contributed by atoms with Crippen LogP contribution in [0.4, 0.5) is 0 Å². The minimum Gasteiger partial charge on any atom is -0.624 e. The van der Waals surface area contributed by atoms with Crippen molar-refractivity contribution in [1.29, 1.82) is 0 Å². The van der Waals surface area contributed by atoms with Crippen molar-refractivity contribution in [1.82, 2.24) is 0 Å². The lowest BCUT2D eigenvalue weighted by Gasteiger charge is -2.22. The normalized spacial score (nSPS) is 13.5. The van der Waals surface area contributed by atoms with Crippen LogP contribution in [0, 0.1) is 5.21 Å². The van der Waals surface area contributed by atoms with E-state index in [2.05, 4.69) is 13.2 Å². The van der Waals surface area contributed by atoms with Gasteiger partial charge in [-0.05, 0) is 31.2 Å². The fourth-order valence-electron chi connectivity index (χ4n) is 2.21. The van der Waals surface area contributed by atoms with Crippen LogP contribution in [0.3, 0.4) is 0 Å². The summed E-state index contributed by atoms with van der Waals surface area (Å²) in [6, 6.07) is 7.11. The molecular formula is C20H27NO6. The number of nitrogens with zero attached hydrogens (tertiary/aromatic N) is 1. The number of carbonyl (C=O) groups is 1. The molecule has 2 atom stereocenters. The zero-order valence-electron chi connectivity index (χ0n) is 15.8. The van der Waals surface area contributed by atoms with Crippen molar-refractivity contribution in [2.75, 3.05) is 26.9 Å². The molecule has 1 aromatic rings. The average Bonchev–Trinajstić information content (AvgIpc) is 2.66. The number of rotatable bonds is 13. The molecule has 7 nitrogen and oxygen atoms in total. The van der Waals surface area contributed by atoms with Gasteiger partial charge in [-0.1, -0.05) is 12.2 Å². The number of hydrogen-bond acceptors (Lipinski definition) is 6. The molecule has 0 unspecified atom stereocenters. The highest BCUT2D eigenvalue weighted by atomic mass is 16.6. The number of carbonyl (C=O) groups excluding carboxylic acids is 1. The van der Waals surface area contributed by atoms with Gasteiger partial charge in [0.25, 0.3) is 0 Å². The molecule has 27 heavy (non-hydrogen) atoms. The van der Waals surface area contributed by atoms with Gasteiger partial charge in [0.15, 0.2) is 25.0 Å². The molecule has 0 saturated heterocycles. The highest BCUT2D eigenvalue weighted by Gasteiger charge is 2.32. The predicted molar refractivity (Wildman–Crippen MR) is 103 cm³/mol. The maximum absolute atomic E-state index is 12.4. The summed E-state index contributed by atoms with van der Waals surface area (Å²) in [5, 5.41) is 12.4. The van der Waals surface area contributed by atoms with E-state index in [0.717, 1.165) is 5.56 Å². The average molecular weight is 377 g/mol. The highest BCUT2D eigenvalue weighted by Crippen LogP contribution is 2.12. The Morgan fingerprint density at radius 2 is 1.81 bits per heavy atom. The summed E-state index contributed by atoms with van der Waals surface area (Å²) < 4.78 is 21.9. The van der Waals surface area contributed by atoms with Gasteiger partial charge in [0.2, 0.25) is 0 Å². The third-order valence-electron chi connectivity index (χ3n) is 3.43. The maximum Gasteiger partial charge on any atom is 0.338 e. The Morgan fingerprint density at radius 1 is 1.19 bits per heavy atom. The third-order valence-corrected chi connectivity index (χ3v) is 3.43. The van der Waals surface area contributed by atoms with Gasteiger partial charge in [-0.3, -0.25) is 0 Å². The number of esters is 1. The van der Waals surface area contributed by atoms with E-state index in [1.807, 2.05) is 0 Å². The van der Waals surface area contributed by atoms with Crippen molar-refractivity contribution < 1.29 is 28.5 Å². The monoisotopic (exact) mass is 377 g/mol. The maximum atomic E-state index is 12.4. The summed E-state index contributed by atoms with van der Waals surface area (Å²) in [5.41, 5.74) is 0.782.